The quantitative estimate of drug-likeness (QED) is 0.698. The lowest BCUT2D eigenvalue weighted by atomic mass is 9.99. The number of urea groups is 1. The van der Waals surface area contributed by atoms with Crippen molar-refractivity contribution in [2.24, 2.45) is 0 Å². The number of carbonyl (C=O) groups excluding carboxylic acids is 1. The van der Waals surface area contributed by atoms with Gasteiger partial charge in [0.15, 0.2) is 0 Å². The molecule has 0 aliphatic heterocycles. The monoisotopic (exact) mass is 316 g/mol. The molecule has 0 saturated heterocycles. The minimum Gasteiger partial charge on any atom is -0.331 e. The van der Waals surface area contributed by atoms with Crippen molar-refractivity contribution >= 4 is 11.7 Å². The molecule has 3 heteroatoms. The molecule has 0 aliphatic rings. The highest BCUT2D eigenvalue weighted by Gasteiger charge is 2.15. The number of rotatable bonds is 5. The van der Waals surface area contributed by atoms with Gasteiger partial charge in [-0.1, -0.05) is 78.9 Å². The van der Waals surface area contributed by atoms with Gasteiger partial charge in [-0.3, -0.25) is 0 Å². The molecular formula is C21H20N2O. The van der Waals surface area contributed by atoms with Crippen LogP contribution in [0.2, 0.25) is 0 Å². The Bertz CT molecular complexity index is 758. The summed E-state index contributed by atoms with van der Waals surface area (Å²) in [6, 6.07) is 29.4. The SMILES string of the molecule is O=C(Nc1ccccc1)N[C@@H](Cc1ccccc1)c1ccccc1. The Morgan fingerprint density at radius 2 is 1.29 bits per heavy atom. The van der Waals surface area contributed by atoms with Crippen LogP contribution in [0.1, 0.15) is 17.2 Å². The summed E-state index contributed by atoms with van der Waals surface area (Å²) < 4.78 is 0. The van der Waals surface area contributed by atoms with Crippen LogP contribution in [0, 0.1) is 0 Å². The van der Waals surface area contributed by atoms with E-state index in [2.05, 4.69) is 22.8 Å². The zero-order chi connectivity index (χ0) is 16.6. The van der Waals surface area contributed by atoms with Crippen LogP contribution in [-0.4, -0.2) is 6.03 Å². The summed E-state index contributed by atoms with van der Waals surface area (Å²) in [5, 5.41) is 5.96. The lowest BCUT2D eigenvalue weighted by molar-refractivity contribution is 0.248. The maximum atomic E-state index is 12.4. The molecule has 3 aromatic carbocycles. The molecule has 0 fully saturated rings. The molecule has 0 aliphatic carbocycles. The van der Waals surface area contributed by atoms with E-state index in [0.29, 0.717) is 0 Å². The number of anilines is 1. The molecule has 0 saturated carbocycles. The van der Waals surface area contributed by atoms with Crippen molar-refractivity contribution in [3.05, 3.63) is 102 Å². The number of amides is 2. The van der Waals surface area contributed by atoms with Crippen molar-refractivity contribution in [1.29, 1.82) is 0 Å². The molecule has 0 spiro atoms. The van der Waals surface area contributed by atoms with E-state index in [-0.39, 0.29) is 12.1 Å². The lowest BCUT2D eigenvalue weighted by Crippen LogP contribution is -2.33. The van der Waals surface area contributed by atoms with Gasteiger partial charge in [0, 0.05) is 5.69 Å². The van der Waals surface area contributed by atoms with Gasteiger partial charge in [0.2, 0.25) is 0 Å². The van der Waals surface area contributed by atoms with E-state index in [9.17, 15) is 4.79 Å². The Balaban J connectivity index is 1.73. The van der Waals surface area contributed by atoms with E-state index in [1.807, 2.05) is 78.9 Å². The van der Waals surface area contributed by atoms with Crippen LogP contribution >= 0.6 is 0 Å². The van der Waals surface area contributed by atoms with Crippen molar-refractivity contribution in [2.75, 3.05) is 5.32 Å². The van der Waals surface area contributed by atoms with Crippen LogP contribution in [0.4, 0.5) is 10.5 Å². The van der Waals surface area contributed by atoms with Crippen molar-refractivity contribution in [3.63, 3.8) is 0 Å². The summed E-state index contributed by atoms with van der Waals surface area (Å²) in [6.07, 6.45) is 0.743. The van der Waals surface area contributed by atoms with E-state index in [1.54, 1.807) is 0 Å². The van der Waals surface area contributed by atoms with Crippen molar-refractivity contribution in [1.82, 2.24) is 5.32 Å². The third-order valence-electron chi connectivity index (χ3n) is 3.82. The van der Waals surface area contributed by atoms with Gasteiger partial charge < -0.3 is 10.6 Å². The number of carbonyl (C=O) groups is 1. The van der Waals surface area contributed by atoms with Gasteiger partial charge in [-0.25, -0.2) is 4.79 Å². The van der Waals surface area contributed by atoms with E-state index in [0.717, 1.165) is 17.7 Å². The summed E-state index contributed by atoms with van der Waals surface area (Å²) in [7, 11) is 0. The Morgan fingerprint density at radius 3 is 1.92 bits per heavy atom. The molecule has 0 bridgehead atoms. The molecule has 3 aromatic rings. The lowest BCUT2D eigenvalue weighted by Gasteiger charge is -2.20. The minimum absolute atomic E-state index is 0.0858. The summed E-state index contributed by atoms with van der Waals surface area (Å²) >= 11 is 0. The number of para-hydroxylation sites is 1. The van der Waals surface area contributed by atoms with Gasteiger partial charge in [-0.05, 0) is 29.7 Å². The van der Waals surface area contributed by atoms with Gasteiger partial charge in [-0.2, -0.15) is 0 Å². The number of hydrogen-bond acceptors (Lipinski definition) is 1. The molecular weight excluding hydrogens is 296 g/mol. The summed E-state index contributed by atoms with van der Waals surface area (Å²) in [4.78, 5) is 12.4. The standard InChI is InChI=1S/C21H20N2O/c24-21(22-19-14-8-3-9-15-19)23-20(18-12-6-2-7-13-18)16-17-10-4-1-5-11-17/h1-15,20H,16H2,(H2,22,23,24)/t20-/m0/s1. The van der Waals surface area contributed by atoms with Crippen molar-refractivity contribution < 1.29 is 4.79 Å². The predicted molar refractivity (Wildman–Crippen MR) is 97.9 cm³/mol. The van der Waals surface area contributed by atoms with E-state index in [1.165, 1.54) is 5.56 Å². The Labute approximate surface area is 142 Å². The molecule has 2 N–H and O–H groups in total. The van der Waals surface area contributed by atoms with Gasteiger partial charge in [-0.15, -0.1) is 0 Å². The number of benzene rings is 3. The Kier molecular flexibility index (Phi) is 5.25. The fraction of sp³-hybridized carbons (Fsp3) is 0.0952. The molecule has 3 rings (SSSR count). The van der Waals surface area contributed by atoms with E-state index >= 15 is 0 Å². The fourth-order valence-corrected chi connectivity index (χ4v) is 2.63. The molecule has 1 atom stereocenters. The largest absolute Gasteiger partial charge is 0.331 e. The highest BCUT2D eigenvalue weighted by molar-refractivity contribution is 5.89. The van der Waals surface area contributed by atoms with Crippen LogP contribution in [-0.2, 0) is 6.42 Å². The minimum atomic E-state index is -0.203. The van der Waals surface area contributed by atoms with Gasteiger partial charge >= 0.3 is 6.03 Å². The topological polar surface area (TPSA) is 41.1 Å². The molecule has 2 amide bonds. The summed E-state index contributed by atoms with van der Waals surface area (Å²) in [5.74, 6) is 0. The molecule has 24 heavy (non-hydrogen) atoms. The Morgan fingerprint density at radius 1 is 0.750 bits per heavy atom. The summed E-state index contributed by atoms with van der Waals surface area (Å²) in [6.45, 7) is 0. The van der Waals surface area contributed by atoms with E-state index in [4.69, 9.17) is 0 Å². The highest BCUT2D eigenvalue weighted by Crippen LogP contribution is 2.18. The third-order valence-corrected chi connectivity index (χ3v) is 3.82. The summed E-state index contributed by atoms with van der Waals surface area (Å²) in [5.41, 5.74) is 3.05. The smallest absolute Gasteiger partial charge is 0.319 e. The maximum Gasteiger partial charge on any atom is 0.319 e. The zero-order valence-corrected chi connectivity index (χ0v) is 13.4. The first kappa shape index (κ1) is 15.8. The van der Waals surface area contributed by atoms with Gasteiger partial charge in [0.1, 0.15) is 0 Å². The molecule has 0 unspecified atom stereocenters. The highest BCUT2D eigenvalue weighted by atomic mass is 16.2. The second kappa shape index (κ2) is 7.97. The van der Waals surface area contributed by atoms with Crippen LogP contribution in [0.5, 0.6) is 0 Å². The number of nitrogens with one attached hydrogen (secondary N) is 2. The average molecular weight is 316 g/mol. The first-order valence-corrected chi connectivity index (χ1v) is 8.03. The molecule has 3 nitrogen and oxygen atoms in total. The van der Waals surface area contributed by atoms with Gasteiger partial charge in [0.05, 0.1) is 6.04 Å². The van der Waals surface area contributed by atoms with Crippen LogP contribution < -0.4 is 10.6 Å². The van der Waals surface area contributed by atoms with Gasteiger partial charge in [0.25, 0.3) is 0 Å². The molecule has 0 radical (unpaired) electrons. The second-order valence-electron chi connectivity index (χ2n) is 5.62. The second-order valence-corrected chi connectivity index (χ2v) is 5.62. The Hall–Kier alpha value is -3.07. The van der Waals surface area contributed by atoms with Crippen LogP contribution in [0.25, 0.3) is 0 Å². The van der Waals surface area contributed by atoms with E-state index < -0.39 is 0 Å². The molecule has 120 valence electrons. The van der Waals surface area contributed by atoms with Crippen LogP contribution in [0.15, 0.2) is 91.0 Å². The predicted octanol–water partition coefficient (Wildman–Crippen LogP) is 4.79. The molecule has 0 heterocycles. The van der Waals surface area contributed by atoms with Crippen molar-refractivity contribution in [3.8, 4) is 0 Å². The average Bonchev–Trinajstić information content (AvgIpc) is 2.63. The normalized spacial score (nSPS) is 11.5. The van der Waals surface area contributed by atoms with Crippen LogP contribution in [0.3, 0.4) is 0 Å². The fourth-order valence-electron chi connectivity index (χ4n) is 2.63. The number of hydrogen-bond donors (Lipinski definition) is 2. The first-order chi connectivity index (χ1) is 11.8. The molecule has 0 aromatic heterocycles. The van der Waals surface area contributed by atoms with Crippen molar-refractivity contribution in [2.45, 2.75) is 12.5 Å². The third kappa shape index (κ3) is 4.46. The maximum absolute atomic E-state index is 12.4. The first-order valence-electron chi connectivity index (χ1n) is 8.03. The zero-order valence-electron chi connectivity index (χ0n) is 13.4.